The highest BCUT2D eigenvalue weighted by Gasteiger charge is 2.09. The van der Waals surface area contributed by atoms with Crippen molar-refractivity contribution in [3.63, 3.8) is 0 Å². The molecule has 5 heteroatoms. The van der Waals surface area contributed by atoms with Crippen LogP contribution in [-0.4, -0.2) is 11.1 Å². The van der Waals surface area contributed by atoms with E-state index in [2.05, 4.69) is 6.07 Å². The fourth-order valence-corrected chi connectivity index (χ4v) is 3.52. The van der Waals surface area contributed by atoms with E-state index in [1.165, 1.54) is 0 Å². The Morgan fingerprint density at radius 2 is 1.50 bits per heavy atom. The first-order valence-corrected chi connectivity index (χ1v) is 10.5. The number of nitrogens with zero attached hydrogens (tertiary/aromatic N) is 1. The smallest absolute Gasteiger partial charge is 0.311 e. The van der Waals surface area contributed by atoms with Gasteiger partial charge in [-0.25, -0.2) is 0 Å². The van der Waals surface area contributed by atoms with E-state index in [9.17, 15) is 9.59 Å². The SMILES string of the molecule is CCCCC(=O)Oc1ccc(-c2ccc(C(=O)Sc3ccc(C#N)cc3)cc2)cc1. The third-order valence-corrected chi connectivity index (χ3v) is 5.40. The molecule has 0 radical (unpaired) electrons. The highest BCUT2D eigenvalue weighted by Crippen LogP contribution is 2.26. The van der Waals surface area contributed by atoms with Crippen molar-refractivity contribution in [2.45, 2.75) is 31.1 Å². The highest BCUT2D eigenvalue weighted by molar-refractivity contribution is 8.14. The molecule has 0 saturated heterocycles. The van der Waals surface area contributed by atoms with Crippen LogP contribution in [0.2, 0.25) is 0 Å². The maximum atomic E-state index is 12.5. The van der Waals surface area contributed by atoms with Crippen molar-refractivity contribution >= 4 is 22.8 Å². The molecule has 0 aromatic heterocycles. The minimum Gasteiger partial charge on any atom is -0.427 e. The van der Waals surface area contributed by atoms with Crippen LogP contribution in [0.25, 0.3) is 11.1 Å². The summed E-state index contributed by atoms with van der Waals surface area (Å²) in [5.41, 5.74) is 3.12. The number of unbranched alkanes of at least 4 members (excludes halogenated alkanes) is 1. The van der Waals surface area contributed by atoms with Crippen molar-refractivity contribution in [1.82, 2.24) is 0 Å². The Morgan fingerprint density at radius 1 is 0.900 bits per heavy atom. The van der Waals surface area contributed by atoms with Crippen LogP contribution >= 0.6 is 11.8 Å². The summed E-state index contributed by atoms with van der Waals surface area (Å²) in [5.74, 6) is 0.317. The number of benzene rings is 3. The molecule has 30 heavy (non-hydrogen) atoms. The van der Waals surface area contributed by atoms with E-state index < -0.39 is 0 Å². The van der Waals surface area contributed by atoms with Gasteiger partial charge in [0.2, 0.25) is 5.12 Å². The normalized spacial score (nSPS) is 10.3. The van der Waals surface area contributed by atoms with Gasteiger partial charge in [0.15, 0.2) is 0 Å². The number of nitriles is 1. The van der Waals surface area contributed by atoms with Gasteiger partial charge in [-0.05, 0) is 77.8 Å². The summed E-state index contributed by atoms with van der Waals surface area (Å²) < 4.78 is 5.32. The molecule has 3 aromatic rings. The lowest BCUT2D eigenvalue weighted by Crippen LogP contribution is -2.07. The molecule has 3 rings (SSSR count). The van der Waals surface area contributed by atoms with Gasteiger partial charge in [0, 0.05) is 16.9 Å². The molecule has 0 fully saturated rings. The molecule has 0 aliphatic rings. The number of hydrogen-bond donors (Lipinski definition) is 0. The fourth-order valence-electron chi connectivity index (χ4n) is 2.78. The second-order valence-corrected chi connectivity index (χ2v) is 7.75. The third kappa shape index (κ3) is 5.82. The molecule has 0 aliphatic heterocycles. The fraction of sp³-hybridized carbons (Fsp3) is 0.160. The number of thioether (sulfide) groups is 1. The number of ether oxygens (including phenoxy) is 1. The van der Waals surface area contributed by atoms with Crippen LogP contribution in [0.4, 0.5) is 0 Å². The first-order valence-electron chi connectivity index (χ1n) is 9.72. The summed E-state index contributed by atoms with van der Waals surface area (Å²) >= 11 is 1.13. The molecule has 0 aliphatic carbocycles. The van der Waals surface area contributed by atoms with Gasteiger partial charge in [-0.3, -0.25) is 9.59 Å². The first kappa shape index (κ1) is 21.4. The largest absolute Gasteiger partial charge is 0.427 e. The van der Waals surface area contributed by atoms with Crippen LogP contribution in [0.5, 0.6) is 5.75 Å². The molecular formula is C25H21NO3S. The lowest BCUT2D eigenvalue weighted by molar-refractivity contribution is -0.134. The zero-order valence-electron chi connectivity index (χ0n) is 16.6. The Bertz CT molecular complexity index is 1050. The van der Waals surface area contributed by atoms with Gasteiger partial charge >= 0.3 is 5.97 Å². The molecule has 0 N–H and O–H groups in total. The quantitative estimate of drug-likeness (QED) is 0.259. The van der Waals surface area contributed by atoms with Crippen LogP contribution in [-0.2, 0) is 4.79 Å². The molecule has 150 valence electrons. The van der Waals surface area contributed by atoms with Crippen LogP contribution in [0, 0.1) is 11.3 Å². The first-order chi connectivity index (χ1) is 14.6. The van der Waals surface area contributed by atoms with Crippen molar-refractivity contribution in [3.8, 4) is 22.9 Å². The van der Waals surface area contributed by atoms with Crippen LogP contribution in [0.1, 0.15) is 42.1 Å². The molecule has 3 aromatic carbocycles. The summed E-state index contributed by atoms with van der Waals surface area (Å²) in [6.45, 7) is 2.03. The Labute approximate surface area is 180 Å². The summed E-state index contributed by atoms with van der Waals surface area (Å²) in [4.78, 5) is 25.0. The van der Waals surface area contributed by atoms with Gasteiger partial charge < -0.3 is 4.74 Å². The van der Waals surface area contributed by atoms with Gasteiger partial charge in [-0.2, -0.15) is 5.26 Å². The predicted molar refractivity (Wildman–Crippen MR) is 118 cm³/mol. The van der Waals surface area contributed by atoms with Gasteiger partial charge in [-0.15, -0.1) is 0 Å². The van der Waals surface area contributed by atoms with Gasteiger partial charge in [0.05, 0.1) is 11.6 Å². The van der Waals surface area contributed by atoms with E-state index >= 15 is 0 Å². The molecule has 0 heterocycles. The van der Waals surface area contributed by atoms with Crippen LogP contribution in [0.15, 0.2) is 77.7 Å². The van der Waals surface area contributed by atoms with E-state index in [-0.39, 0.29) is 11.1 Å². The lowest BCUT2D eigenvalue weighted by atomic mass is 10.0. The summed E-state index contributed by atoms with van der Waals surface area (Å²) in [7, 11) is 0. The molecule has 0 amide bonds. The van der Waals surface area contributed by atoms with Gasteiger partial charge in [0.1, 0.15) is 5.75 Å². The van der Waals surface area contributed by atoms with Crippen LogP contribution in [0.3, 0.4) is 0 Å². The zero-order valence-corrected chi connectivity index (χ0v) is 17.4. The Balaban J connectivity index is 1.62. The predicted octanol–water partition coefficient (Wildman–Crippen LogP) is 6.25. The van der Waals surface area contributed by atoms with Crippen molar-refractivity contribution in [1.29, 1.82) is 5.26 Å². The standard InChI is InChI=1S/C25H21NO3S/c1-2-3-4-24(27)29-22-13-11-20(12-14-22)19-7-9-21(10-8-19)25(28)30-23-15-5-18(17-26)6-16-23/h5-16H,2-4H2,1H3. The van der Waals surface area contributed by atoms with E-state index in [4.69, 9.17) is 10.00 Å². The Hall–Kier alpha value is -3.36. The molecule has 4 nitrogen and oxygen atoms in total. The third-order valence-electron chi connectivity index (χ3n) is 4.47. The Kier molecular flexibility index (Phi) is 7.42. The average Bonchev–Trinajstić information content (AvgIpc) is 2.79. The monoisotopic (exact) mass is 415 g/mol. The average molecular weight is 416 g/mol. The second kappa shape index (κ2) is 10.4. The lowest BCUT2D eigenvalue weighted by Gasteiger charge is -2.07. The maximum Gasteiger partial charge on any atom is 0.311 e. The minimum atomic E-state index is -0.216. The summed E-state index contributed by atoms with van der Waals surface area (Å²) in [6, 6.07) is 23.7. The minimum absolute atomic E-state index is 0.0550. The molecular weight excluding hydrogens is 394 g/mol. The van der Waals surface area contributed by atoms with Gasteiger partial charge in [-0.1, -0.05) is 37.6 Å². The number of carbonyl (C=O) groups excluding carboxylic acids is 2. The number of carbonyl (C=O) groups is 2. The molecule has 0 bridgehead atoms. The highest BCUT2D eigenvalue weighted by atomic mass is 32.2. The van der Waals surface area contributed by atoms with E-state index in [1.54, 1.807) is 48.5 Å². The summed E-state index contributed by atoms with van der Waals surface area (Å²) in [5, 5.41) is 8.79. The van der Waals surface area contributed by atoms with Crippen molar-refractivity contribution < 1.29 is 14.3 Å². The number of esters is 1. The van der Waals surface area contributed by atoms with Crippen molar-refractivity contribution in [2.75, 3.05) is 0 Å². The van der Waals surface area contributed by atoms with Crippen LogP contribution < -0.4 is 4.74 Å². The topological polar surface area (TPSA) is 67.2 Å². The molecule has 0 saturated carbocycles. The zero-order chi connectivity index (χ0) is 21.3. The van der Waals surface area contributed by atoms with E-state index in [1.807, 2.05) is 31.2 Å². The maximum absolute atomic E-state index is 12.5. The van der Waals surface area contributed by atoms with Gasteiger partial charge in [0.25, 0.3) is 0 Å². The van der Waals surface area contributed by atoms with Crippen molar-refractivity contribution in [3.05, 3.63) is 83.9 Å². The molecule has 0 atom stereocenters. The second-order valence-electron chi connectivity index (χ2n) is 6.71. The number of rotatable bonds is 7. The van der Waals surface area contributed by atoms with E-state index in [0.717, 1.165) is 40.6 Å². The molecule has 0 unspecified atom stereocenters. The summed E-state index contributed by atoms with van der Waals surface area (Å²) in [6.07, 6.45) is 2.21. The number of hydrogen-bond acceptors (Lipinski definition) is 5. The Morgan fingerprint density at radius 3 is 2.07 bits per heavy atom. The van der Waals surface area contributed by atoms with E-state index in [0.29, 0.717) is 23.3 Å². The molecule has 0 spiro atoms. The van der Waals surface area contributed by atoms with Crippen molar-refractivity contribution in [2.24, 2.45) is 0 Å².